The van der Waals surface area contributed by atoms with Crippen LogP contribution >= 0.6 is 0 Å². The molecule has 0 radical (unpaired) electrons. The van der Waals surface area contributed by atoms with Crippen LogP contribution in [-0.2, 0) is 0 Å². The normalized spacial score (nSPS) is 28.1. The fourth-order valence-corrected chi connectivity index (χ4v) is 2.08. The van der Waals surface area contributed by atoms with Crippen molar-refractivity contribution in [1.29, 1.82) is 0 Å². The van der Waals surface area contributed by atoms with E-state index in [-0.39, 0.29) is 11.8 Å². The van der Waals surface area contributed by atoms with Crippen LogP contribution in [0.5, 0.6) is 0 Å². The van der Waals surface area contributed by atoms with Gasteiger partial charge in [-0.2, -0.15) is 13.2 Å². The molecule has 0 amide bonds. The summed E-state index contributed by atoms with van der Waals surface area (Å²) < 4.78 is 38.8. The zero-order valence-electron chi connectivity index (χ0n) is 9.83. The van der Waals surface area contributed by atoms with E-state index in [2.05, 4.69) is 0 Å². The average molecular weight is 220 g/mol. The van der Waals surface area contributed by atoms with Crippen molar-refractivity contribution >= 4 is 0 Å². The molecule has 0 heterocycles. The molecule has 1 atom stereocenters. The molecule has 1 rings (SSSR count). The highest BCUT2D eigenvalue weighted by Crippen LogP contribution is 2.53. The van der Waals surface area contributed by atoms with Gasteiger partial charge in [0.25, 0.3) is 0 Å². The topological polar surface area (TPSA) is 0 Å². The molecule has 0 spiro atoms. The van der Waals surface area contributed by atoms with Crippen LogP contribution in [0.1, 0.15) is 47.0 Å². The second kappa shape index (κ2) is 3.53. The number of halogens is 3. The van der Waals surface area contributed by atoms with Gasteiger partial charge in [-0.1, -0.05) is 32.4 Å². The molecule has 0 aromatic carbocycles. The van der Waals surface area contributed by atoms with Gasteiger partial charge in [-0.15, -0.1) is 0 Å². The van der Waals surface area contributed by atoms with Crippen molar-refractivity contribution < 1.29 is 13.2 Å². The van der Waals surface area contributed by atoms with Gasteiger partial charge < -0.3 is 0 Å². The average Bonchev–Trinajstić information content (AvgIpc) is 2.29. The van der Waals surface area contributed by atoms with E-state index in [1.165, 1.54) is 6.92 Å². The van der Waals surface area contributed by atoms with Gasteiger partial charge >= 0.3 is 6.18 Å². The third kappa shape index (κ3) is 2.56. The Hall–Kier alpha value is -0.470. The van der Waals surface area contributed by atoms with E-state index in [4.69, 9.17) is 0 Å². The zero-order chi connectivity index (χ0) is 11.9. The van der Waals surface area contributed by atoms with Crippen molar-refractivity contribution in [2.75, 3.05) is 0 Å². The van der Waals surface area contributed by atoms with E-state index >= 15 is 0 Å². The lowest BCUT2D eigenvalue weighted by molar-refractivity contribution is -0.204. The summed E-state index contributed by atoms with van der Waals surface area (Å²) >= 11 is 0. The van der Waals surface area contributed by atoms with Crippen LogP contribution in [0, 0.1) is 10.8 Å². The van der Waals surface area contributed by atoms with Crippen LogP contribution < -0.4 is 0 Å². The Morgan fingerprint density at radius 3 is 2.20 bits per heavy atom. The summed E-state index contributed by atoms with van der Waals surface area (Å²) in [5.41, 5.74) is -1.09. The minimum atomic E-state index is -4.11. The second-order valence-electron chi connectivity index (χ2n) is 5.84. The molecule has 0 N–H and O–H groups in total. The molecule has 0 bridgehead atoms. The highest BCUT2D eigenvalue weighted by Gasteiger charge is 2.54. The predicted molar refractivity (Wildman–Crippen MR) is 55.6 cm³/mol. The molecule has 1 aliphatic carbocycles. The Morgan fingerprint density at radius 2 is 1.80 bits per heavy atom. The maximum absolute atomic E-state index is 12.9. The molecule has 1 aliphatic rings. The molecule has 0 saturated carbocycles. The number of hydrogen-bond donors (Lipinski definition) is 0. The van der Waals surface area contributed by atoms with E-state index < -0.39 is 11.6 Å². The third-order valence-electron chi connectivity index (χ3n) is 3.09. The molecule has 15 heavy (non-hydrogen) atoms. The molecular weight excluding hydrogens is 201 g/mol. The van der Waals surface area contributed by atoms with Gasteiger partial charge in [-0.3, -0.25) is 0 Å². The van der Waals surface area contributed by atoms with Gasteiger partial charge in [0, 0.05) is 0 Å². The van der Waals surface area contributed by atoms with E-state index in [0.29, 0.717) is 18.4 Å². The molecule has 3 heteroatoms. The summed E-state index contributed by atoms with van der Waals surface area (Å²) in [5.74, 6) is 0. The van der Waals surface area contributed by atoms with Gasteiger partial charge in [-0.05, 0) is 31.6 Å². The molecule has 0 nitrogen and oxygen atoms in total. The summed E-state index contributed by atoms with van der Waals surface area (Å²) in [7, 11) is 0. The van der Waals surface area contributed by atoms with Gasteiger partial charge in [0.2, 0.25) is 0 Å². The highest BCUT2D eigenvalue weighted by molar-refractivity contribution is 5.22. The van der Waals surface area contributed by atoms with Gasteiger partial charge in [0.1, 0.15) is 0 Å². The first-order valence-electron chi connectivity index (χ1n) is 5.32. The van der Waals surface area contributed by atoms with Gasteiger partial charge in [0.15, 0.2) is 0 Å². The molecule has 0 aliphatic heterocycles. The molecule has 0 fully saturated rings. The lowest BCUT2D eigenvalue weighted by atomic mass is 9.75. The Balaban J connectivity index is 2.90. The Labute approximate surface area is 89.6 Å². The van der Waals surface area contributed by atoms with E-state index in [1.54, 1.807) is 6.08 Å². The van der Waals surface area contributed by atoms with Gasteiger partial charge in [0.05, 0.1) is 5.41 Å². The van der Waals surface area contributed by atoms with Crippen molar-refractivity contribution in [1.82, 2.24) is 0 Å². The molecule has 88 valence electrons. The maximum atomic E-state index is 12.9. The monoisotopic (exact) mass is 220 g/mol. The SMILES string of the molecule is CC(C)(C)CC1=CCCC1(C)C(F)(F)F. The first-order valence-corrected chi connectivity index (χ1v) is 5.32. The minimum Gasteiger partial charge on any atom is -0.170 e. The largest absolute Gasteiger partial charge is 0.397 e. The number of rotatable bonds is 1. The lowest BCUT2D eigenvalue weighted by Crippen LogP contribution is -2.35. The fraction of sp³-hybridized carbons (Fsp3) is 0.833. The smallest absolute Gasteiger partial charge is 0.170 e. The third-order valence-corrected chi connectivity index (χ3v) is 3.09. The standard InChI is InChI=1S/C12H19F3/c1-10(2,3)8-9-6-5-7-11(9,4)12(13,14)15/h6H,5,7-8H2,1-4H3. The van der Waals surface area contributed by atoms with Crippen LogP contribution in [0.25, 0.3) is 0 Å². The summed E-state index contributed by atoms with van der Waals surface area (Å²) in [6.07, 6.45) is -1.04. The van der Waals surface area contributed by atoms with Crippen LogP contribution in [0.15, 0.2) is 11.6 Å². The van der Waals surface area contributed by atoms with Crippen molar-refractivity contribution in [3.63, 3.8) is 0 Å². The first kappa shape index (κ1) is 12.6. The summed E-state index contributed by atoms with van der Waals surface area (Å²) in [5, 5.41) is 0. The van der Waals surface area contributed by atoms with Gasteiger partial charge in [-0.25, -0.2) is 0 Å². The Kier molecular flexibility index (Phi) is 2.97. The number of alkyl halides is 3. The summed E-state index contributed by atoms with van der Waals surface area (Å²) in [6, 6.07) is 0. The zero-order valence-corrected chi connectivity index (χ0v) is 9.83. The van der Waals surface area contributed by atoms with E-state index in [0.717, 1.165) is 0 Å². The Morgan fingerprint density at radius 1 is 1.27 bits per heavy atom. The molecular formula is C12H19F3. The fourth-order valence-electron chi connectivity index (χ4n) is 2.08. The number of hydrogen-bond acceptors (Lipinski definition) is 0. The molecule has 0 aromatic heterocycles. The first-order chi connectivity index (χ1) is 6.56. The van der Waals surface area contributed by atoms with Crippen LogP contribution in [0.2, 0.25) is 0 Å². The van der Waals surface area contributed by atoms with E-state index in [1.807, 2.05) is 20.8 Å². The van der Waals surface area contributed by atoms with Crippen molar-refractivity contribution in [2.24, 2.45) is 10.8 Å². The summed E-state index contributed by atoms with van der Waals surface area (Å²) in [6.45, 7) is 7.26. The molecule has 0 saturated heterocycles. The molecule has 0 aromatic rings. The molecule has 1 unspecified atom stereocenters. The van der Waals surface area contributed by atoms with Crippen molar-refractivity contribution in [3.05, 3.63) is 11.6 Å². The summed E-state index contributed by atoms with van der Waals surface area (Å²) in [4.78, 5) is 0. The van der Waals surface area contributed by atoms with Crippen molar-refractivity contribution in [3.8, 4) is 0 Å². The lowest BCUT2D eigenvalue weighted by Gasteiger charge is -2.33. The second-order valence-corrected chi connectivity index (χ2v) is 5.84. The quantitative estimate of drug-likeness (QED) is 0.561. The minimum absolute atomic E-state index is 0.0807. The Bertz CT molecular complexity index is 268. The van der Waals surface area contributed by atoms with Crippen LogP contribution in [-0.4, -0.2) is 6.18 Å². The highest BCUT2D eigenvalue weighted by atomic mass is 19.4. The van der Waals surface area contributed by atoms with Crippen LogP contribution in [0.3, 0.4) is 0 Å². The van der Waals surface area contributed by atoms with Crippen molar-refractivity contribution in [2.45, 2.75) is 53.1 Å². The van der Waals surface area contributed by atoms with Crippen LogP contribution in [0.4, 0.5) is 13.2 Å². The number of allylic oxidation sites excluding steroid dienone is 2. The predicted octanol–water partition coefficient (Wildman–Crippen LogP) is 4.71. The van der Waals surface area contributed by atoms with E-state index in [9.17, 15) is 13.2 Å². The maximum Gasteiger partial charge on any atom is 0.397 e.